The molecule has 1 rings (SSSR count). The van der Waals surface area contributed by atoms with Crippen LogP contribution in [0.15, 0.2) is 12.1 Å². The molecule has 1 amide bonds. The van der Waals surface area contributed by atoms with Crippen molar-refractivity contribution in [3.63, 3.8) is 0 Å². The fraction of sp³-hybridized carbons (Fsp3) is 0.300. The Morgan fingerprint density at radius 3 is 2.25 bits per heavy atom. The molecule has 0 aliphatic rings. The van der Waals surface area contributed by atoms with E-state index in [9.17, 15) is 18.0 Å². The van der Waals surface area contributed by atoms with Crippen molar-refractivity contribution in [2.75, 3.05) is 6.61 Å². The summed E-state index contributed by atoms with van der Waals surface area (Å²) in [6.45, 7) is 0.656. The summed E-state index contributed by atoms with van der Waals surface area (Å²) in [7, 11) is 0. The fourth-order valence-electron chi connectivity index (χ4n) is 1.26. The molecular weight excluding hydrogens is 223 g/mol. The largest absolute Gasteiger partial charge is 0.394 e. The zero-order valence-corrected chi connectivity index (χ0v) is 8.43. The number of hydrogen-bond acceptors (Lipinski definition) is 2. The van der Waals surface area contributed by atoms with Gasteiger partial charge in [0.25, 0.3) is 0 Å². The standard InChI is InChI=1S/C10H10F3NO2/c1-5(16)14-9(4-15)6-2-7(11)10(13)8(12)3-6/h2-3,9,15H,4H2,1H3,(H,14,16). The second-order valence-corrected chi connectivity index (χ2v) is 3.23. The first-order chi connectivity index (χ1) is 7.45. The maximum absolute atomic E-state index is 12.9. The minimum Gasteiger partial charge on any atom is -0.394 e. The van der Waals surface area contributed by atoms with Crippen LogP contribution in [0.3, 0.4) is 0 Å². The van der Waals surface area contributed by atoms with Crippen LogP contribution in [0.4, 0.5) is 13.2 Å². The zero-order valence-electron chi connectivity index (χ0n) is 8.43. The lowest BCUT2D eigenvalue weighted by atomic mass is 10.1. The second kappa shape index (κ2) is 4.98. The van der Waals surface area contributed by atoms with E-state index >= 15 is 0 Å². The Labute approximate surface area is 89.9 Å². The molecule has 1 aromatic carbocycles. The molecule has 0 heterocycles. The molecule has 0 saturated heterocycles. The van der Waals surface area contributed by atoms with E-state index in [0.717, 1.165) is 12.1 Å². The highest BCUT2D eigenvalue weighted by molar-refractivity contribution is 5.73. The van der Waals surface area contributed by atoms with Crippen LogP contribution < -0.4 is 5.32 Å². The molecule has 0 aliphatic carbocycles. The van der Waals surface area contributed by atoms with Gasteiger partial charge in [-0.1, -0.05) is 0 Å². The summed E-state index contributed by atoms with van der Waals surface area (Å²) in [5, 5.41) is 11.2. The Morgan fingerprint density at radius 2 is 1.88 bits per heavy atom. The number of aliphatic hydroxyl groups excluding tert-OH is 1. The fourth-order valence-corrected chi connectivity index (χ4v) is 1.26. The van der Waals surface area contributed by atoms with Gasteiger partial charge in [0.15, 0.2) is 17.5 Å². The number of amides is 1. The summed E-state index contributed by atoms with van der Waals surface area (Å²) in [6.07, 6.45) is 0. The third-order valence-electron chi connectivity index (χ3n) is 1.97. The highest BCUT2D eigenvalue weighted by Gasteiger charge is 2.17. The molecule has 0 radical (unpaired) electrons. The molecule has 0 aliphatic heterocycles. The van der Waals surface area contributed by atoms with Crippen molar-refractivity contribution in [2.24, 2.45) is 0 Å². The van der Waals surface area contributed by atoms with Crippen molar-refractivity contribution >= 4 is 5.91 Å². The Morgan fingerprint density at radius 1 is 1.38 bits per heavy atom. The first-order valence-corrected chi connectivity index (χ1v) is 4.48. The maximum atomic E-state index is 12.9. The van der Waals surface area contributed by atoms with Crippen molar-refractivity contribution in [3.05, 3.63) is 35.1 Å². The molecular formula is C10H10F3NO2. The van der Waals surface area contributed by atoms with Gasteiger partial charge in [-0.2, -0.15) is 0 Å². The molecule has 6 heteroatoms. The van der Waals surface area contributed by atoms with E-state index in [1.54, 1.807) is 0 Å². The normalized spacial score (nSPS) is 12.3. The van der Waals surface area contributed by atoms with Gasteiger partial charge in [0.05, 0.1) is 12.6 Å². The van der Waals surface area contributed by atoms with Crippen LogP contribution in [0.1, 0.15) is 18.5 Å². The van der Waals surface area contributed by atoms with Crippen molar-refractivity contribution in [2.45, 2.75) is 13.0 Å². The quantitative estimate of drug-likeness (QED) is 0.772. The van der Waals surface area contributed by atoms with Crippen LogP contribution in [-0.4, -0.2) is 17.6 Å². The van der Waals surface area contributed by atoms with Gasteiger partial charge in [-0.15, -0.1) is 0 Å². The Bertz CT molecular complexity index is 386. The molecule has 0 bridgehead atoms. The lowest BCUT2D eigenvalue weighted by Gasteiger charge is -2.15. The molecule has 0 saturated carbocycles. The summed E-state index contributed by atoms with van der Waals surface area (Å²) in [5.74, 6) is -4.77. The summed E-state index contributed by atoms with van der Waals surface area (Å²) in [5.41, 5.74) is -0.0332. The minimum atomic E-state index is -1.58. The molecule has 0 fully saturated rings. The van der Waals surface area contributed by atoms with Gasteiger partial charge in [0.2, 0.25) is 5.91 Å². The van der Waals surface area contributed by atoms with Crippen LogP contribution in [0.25, 0.3) is 0 Å². The highest BCUT2D eigenvalue weighted by atomic mass is 19.2. The number of rotatable bonds is 3. The van der Waals surface area contributed by atoms with E-state index in [1.807, 2.05) is 0 Å². The van der Waals surface area contributed by atoms with Gasteiger partial charge in [-0.3, -0.25) is 4.79 Å². The third kappa shape index (κ3) is 2.73. The van der Waals surface area contributed by atoms with Gasteiger partial charge < -0.3 is 10.4 Å². The predicted molar refractivity (Wildman–Crippen MR) is 50.0 cm³/mol. The van der Waals surface area contributed by atoms with Gasteiger partial charge >= 0.3 is 0 Å². The van der Waals surface area contributed by atoms with Crippen LogP contribution in [-0.2, 0) is 4.79 Å². The number of carbonyl (C=O) groups is 1. The van der Waals surface area contributed by atoms with E-state index in [2.05, 4.69) is 5.32 Å². The Hall–Kier alpha value is -1.56. The summed E-state index contributed by atoms with van der Waals surface area (Å²) >= 11 is 0. The minimum absolute atomic E-state index is 0.0332. The molecule has 0 aromatic heterocycles. The topological polar surface area (TPSA) is 49.3 Å². The summed E-state index contributed by atoms with van der Waals surface area (Å²) in [4.78, 5) is 10.7. The Balaban J connectivity index is 3.06. The highest BCUT2D eigenvalue weighted by Crippen LogP contribution is 2.19. The molecule has 2 N–H and O–H groups in total. The number of carbonyl (C=O) groups excluding carboxylic acids is 1. The monoisotopic (exact) mass is 233 g/mol. The average molecular weight is 233 g/mol. The van der Waals surface area contributed by atoms with E-state index in [0.29, 0.717) is 0 Å². The van der Waals surface area contributed by atoms with Crippen molar-refractivity contribution in [1.29, 1.82) is 0 Å². The lowest BCUT2D eigenvalue weighted by Crippen LogP contribution is -2.28. The SMILES string of the molecule is CC(=O)NC(CO)c1cc(F)c(F)c(F)c1. The van der Waals surface area contributed by atoms with Crippen LogP contribution in [0.5, 0.6) is 0 Å². The second-order valence-electron chi connectivity index (χ2n) is 3.23. The molecule has 1 unspecified atom stereocenters. The van der Waals surface area contributed by atoms with Crippen molar-refractivity contribution in [3.8, 4) is 0 Å². The molecule has 0 spiro atoms. The van der Waals surface area contributed by atoms with Crippen LogP contribution >= 0.6 is 0 Å². The van der Waals surface area contributed by atoms with E-state index in [-0.39, 0.29) is 5.56 Å². The lowest BCUT2D eigenvalue weighted by molar-refractivity contribution is -0.120. The smallest absolute Gasteiger partial charge is 0.217 e. The maximum Gasteiger partial charge on any atom is 0.217 e. The van der Waals surface area contributed by atoms with E-state index < -0.39 is 36.0 Å². The first kappa shape index (κ1) is 12.5. The first-order valence-electron chi connectivity index (χ1n) is 4.48. The number of aliphatic hydroxyl groups is 1. The number of benzene rings is 1. The summed E-state index contributed by atoms with van der Waals surface area (Å²) in [6, 6.07) is 0.506. The van der Waals surface area contributed by atoms with Gasteiger partial charge in [0.1, 0.15) is 0 Å². The third-order valence-corrected chi connectivity index (χ3v) is 1.97. The molecule has 88 valence electrons. The van der Waals surface area contributed by atoms with Crippen molar-refractivity contribution in [1.82, 2.24) is 5.32 Å². The molecule has 1 atom stereocenters. The van der Waals surface area contributed by atoms with Gasteiger partial charge in [-0.05, 0) is 17.7 Å². The van der Waals surface area contributed by atoms with E-state index in [4.69, 9.17) is 5.11 Å². The van der Waals surface area contributed by atoms with Crippen LogP contribution in [0.2, 0.25) is 0 Å². The molecule has 16 heavy (non-hydrogen) atoms. The van der Waals surface area contributed by atoms with Crippen LogP contribution in [0, 0.1) is 17.5 Å². The van der Waals surface area contributed by atoms with Gasteiger partial charge in [0, 0.05) is 6.92 Å². The van der Waals surface area contributed by atoms with Crippen molar-refractivity contribution < 1.29 is 23.1 Å². The van der Waals surface area contributed by atoms with E-state index in [1.165, 1.54) is 6.92 Å². The Kier molecular flexibility index (Phi) is 3.89. The molecule has 3 nitrogen and oxygen atoms in total. The molecule has 1 aromatic rings. The zero-order chi connectivity index (χ0) is 12.3. The average Bonchev–Trinajstić information content (AvgIpc) is 2.21. The van der Waals surface area contributed by atoms with Gasteiger partial charge in [-0.25, -0.2) is 13.2 Å². The number of nitrogens with one attached hydrogen (secondary N) is 1. The number of hydrogen-bond donors (Lipinski definition) is 2. The predicted octanol–water partition coefficient (Wildman–Crippen LogP) is 1.27. The summed E-state index contributed by atoms with van der Waals surface area (Å²) < 4.78 is 38.4. The number of halogens is 3.